The van der Waals surface area contributed by atoms with Gasteiger partial charge < -0.3 is 15.0 Å². The fourth-order valence-corrected chi connectivity index (χ4v) is 4.08. The number of thioether (sulfide) groups is 1. The van der Waals surface area contributed by atoms with E-state index in [1.807, 2.05) is 31.2 Å². The molecular weight excluding hydrogens is 386 g/mol. The van der Waals surface area contributed by atoms with E-state index in [0.29, 0.717) is 29.2 Å². The lowest BCUT2D eigenvalue weighted by atomic mass is 10.2. The van der Waals surface area contributed by atoms with Crippen molar-refractivity contribution in [3.05, 3.63) is 29.8 Å². The topological polar surface area (TPSA) is 97.6 Å². The number of quaternary nitrogens is 1. The van der Waals surface area contributed by atoms with Gasteiger partial charge in [0.15, 0.2) is 10.9 Å². The fraction of sp³-hybridized carbons (Fsp3) is 0.412. The summed E-state index contributed by atoms with van der Waals surface area (Å²) >= 11 is 2.56. The van der Waals surface area contributed by atoms with E-state index >= 15 is 0 Å². The molecule has 10 heteroatoms. The summed E-state index contributed by atoms with van der Waals surface area (Å²) in [4.78, 5) is 25.3. The molecule has 0 saturated carbocycles. The van der Waals surface area contributed by atoms with Gasteiger partial charge in [-0.25, -0.2) is 0 Å². The molecule has 1 aromatic heterocycles. The number of carbonyl (C=O) groups is 2. The quantitative estimate of drug-likeness (QED) is 0.454. The van der Waals surface area contributed by atoms with Crippen LogP contribution in [0.25, 0.3) is 0 Å². The number of anilines is 2. The lowest BCUT2D eigenvalue weighted by Gasteiger charge is -2.22. The zero-order chi connectivity index (χ0) is 19.1. The number of nitrogens with zero attached hydrogens (tertiary/aromatic N) is 2. The largest absolute Gasteiger partial charge is 0.370 e. The number of hydrogen-bond acceptors (Lipinski definition) is 7. The van der Waals surface area contributed by atoms with Gasteiger partial charge in [-0.05, 0) is 19.1 Å². The summed E-state index contributed by atoms with van der Waals surface area (Å²) in [7, 11) is 0. The Labute approximate surface area is 165 Å². The molecule has 8 nitrogen and oxygen atoms in total. The van der Waals surface area contributed by atoms with Gasteiger partial charge in [0.05, 0.1) is 19.0 Å². The smallest absolute Gasteiger partial charge is 0.281 e. The predicted molar refractivity (Wildman–Crippen MR) is 105 cm³/mol. The SMILES string of the molecule is Cc1ccc(NC(=O)CSc2nnc(NC(=O)C[NH+]3CCOCC3)s2)cc1. The molecule has 3 N–H and O–H groups in total. The van der Waals surface area contributed by atoms with Crippen LogP contribution in [-0.2, 0) is 14.3 Å². The summed E-state index contributed by atoms with van der Waals surface area (Å²) < 4.78 is 5.93. The van der Waals surface area contributed by atoms with Crippen molar-refractivity contribution in [1.82, 2.24) is 10.2 Å². The van der Waals surface area contributed by atoms with Gasteiger partial charge in [0.25, 0.3) is 5.91 Å². The lowest BCUT2D eigenvalue weighted by molar-refractivity contribution is -0.899. The highest BCUT2D eigenvalue weighted by Crippen LogP contribution is 2.25. The summed E-state index contributed by atoms with van der Waals surface area (Å²) in [5.74, 6) is 0.0336. The van der Waals surface area contributed by atoms with E-state index in [2.05, 4.69) is 20.8 Å². The Morgan fingerprint density at radius 3 is 2.63 bits per heavy atom. The minimum atomic E-state index is -0.111. The van der Waals surface area contributed by atoms with E-state index in [9.17, 15) is 9.59 Å². The van der Waals surface area contributed by atoms with Gasteiger partial charge in [-0.3, -0.25) is 14.9 Å². The van der Waals surface area contributed by atoms with Gasteiger partial charge in [-0.2, -0.15) is 0 Å². The predicted octanol–water partition coefficient (Wildman–Crippen LogP) is 0.431. The summed E-state index contributed by atoms with van der Waals surface area (Å²) in [5.41, 5.74) is 1.91. The molecule has 0 radical (unpaired) electrons. The molecule has 0 unspecified atom stereocenters. The number of ether oxygens (including phenoxy) is 1. The van der Waals surface area contributed by atoms with Crippen molar-refractivity contribution in [3.8, 4) is 0 Å². The minimum absolute atomic E-state index is 0.0864. The molecule has 0 aliphatic carbocycles. The molecule has 2 heterocycles. The average Bonchev–Trinajstić information content (AvgIpc) is 3.10. The van der Waals surface area contributed by atoms with Crippen LogP contribution in [-0.4, -0.2) is 60.6 Å². The van der Waals surface area contributed by atoms with Crippen LogP contribution in [0.3, 0.4) is 0 Å². The maximum Gasteiger partial charge on any atom is 0.281 e. The van der Waals surface area contributed by atoms with Crippen LogP contribution in [0, 0.1) is 6.92 Å². The van der Waals surface area contributed by atoms with Crippen LogP contribution in [0.1, 0.15) is 5.56 Å². The van der Waals surface area contributed by atoms with Crippen molar-refractivity contribution in [2.75, 3.05) is 49.2 Å². The maximum absolute atomic E-state index is 12.1. The number of carbonyl (C=O) groups excluding carboxylic acids is 2. The highest BCUT2D eigenvalue weighted by molar-refractivity contribution is 8.01. The van der Waals surface area contributed by atoms with Crippen LogP contribution in [0.2, 0.25) is 0 Å². The summed E-state index contributed by atoms with van der Waals surface area (Å²) in [6, 6.07) is 7.63. The summed E-state index contributed by atoms with van der Waals surface area (Å²) in [5, 5.41) is 14.1. The molecule has 27 heavy (non-hydrogen) atoms. The third kappa shape index (κ3) is 6.58. The molecular formula is C17H22N5O3S2+. The van der Waals surface area contributed by atoms with Crippen molar-refractivity contribution in [3.63, 3.8) is 0 Å². The number of amides is 2. The second-order valence-corrected chi connectivity index (χ2v) is 8.36. The van der Waals surface area contributed by atoms with Gasteiger partial charge in [-0.1, -0.05) is 40.8 Å². The van der Waals surface area contributed by atoms with Crippen LogP contribution in [0.5, 0.6) is 0 Å². The van der Waals surface area contributed by atoms with Gasteiger partial charge in [0.2, 0.25) is 11.0 Å². The van der Waals surface area contributed by atoms with Crippen LogP contribution >= 0.6 is 23.1 Å². The number of rotatable bonds is 7. The molecule has 144 valence electrons. The molecule has 1 saturated heterocycles. The van der Waals surface area contributed by atoms with Gasteiger partial charge in [-0.15, -0.1) is 10.2 Å². The fourth-order valence-electron chi connectivity index (χ4n) is 2.51. The number of hydrogen-bond donors (Lipinski definition) is 3. The van der Waals surface area contributed by atoms with E-state index in [4.69, 9.17) is 4.74 Å². The number of aromatic nitrogens is 2. The Morgan fingerprint density at radius 1 is 1.15 bits per heavy atom. The van der Waals surface area contributed by atoms with Crippen molar-refractivity contribution < 1.29 is 19.2 Å². The maximum atomic E-state index is 12.1. The second-order valence-electron chi connectivity index (χ2n) is 6.16. The van der Waals surface area contributed by atoms with Crippen LogP contribution in [0.4, 0.5) is 10.8 Å². The molecule has 3 rings (SSSR count). The highest BCUT2D eigenvalue weighted by Gasteiger charge is 2.19. The molecule has 2 amide bonds. The van der Waals surface area contributed by atoms with Crippen molar-refractivity contribution in [2.45, 2.75) is 11.3 Å². The Kier molecular flexibility index (Phi) is 7.16. The Hall–Kier alpha value is -2.01. The zero-order valence-electron chi connectivity index (χ0n) is 15.0. The first-order valence-electron chi connectivity index (χ1n) is 8.62. The molecule has 0 bridgehead atoms. The zero-order valence-corrected chi connectivity index (χ0v) is 16.6. The molecule has 0 spiro atoms. The summed E-state index contributed by atoms with van der Waals surface area (Å²) in [6.07, 6.45) is 0. The third-order valence-electron chi connectivity index (χ3n) is 3.93. The normalized spacial score (nSPS) is 14.7. The van der Waals surface area contributed by atoms with Crippen molar-refractivity contribution in [1.29, 1.82) is 0 Å². The van der Waals surface area contributed by atoms with Gasteiger partial charge in [0.1, 0.15) is 13.1 Å². The molecule has 2 aromatic rings. The molecule has 1 fully saturated rings. The van der Waals surface area contributed by atoms with E-state index in [-0.39, 0.29) is 17.6 Å². The standard InChI is InChI=1S/C17H21N5O3S2/c1-12-2-4-13(5-3-12)18-15(24)11-26-17-21-20-16(27-17)19-14(23)10-22-6-8-25-9-7-22/h2-5H,6-11H2,1H3,(H,18,24)(H,19,20,23)/p+1. The van der Waals surface area contributed by atoms with E-state index in [1.165, 1.54) is 28.0 Å². The van der Waals surface area contributed by atoms with E-state index in [1.54, 1.807) is 0 Å². The molecule has 0 atom stereocenters. The Morgan fingerprint density at radius 2 is 1.89 bits per heavy atom. The number of morpholine rings is 1. The van der Waals surface area contributed by atoms with E-state index < -0.39 is 0 Å². The highest BCUT2D eigenvalue weighted by atomic mass is 32.2. The van der Waals surface area contributed by atoms with Crippen LogP contribution in [0.15, 0.2) is 28.6 Å². The number of aryl methyl sites for hydroxylation is 1. The Bertz CT molecular complexity index is 775. The molecule has 1 aliphatic heterocycles. The van der Waals surface area contributed by atoms with Crippen molar-refractivity contribution >= 4 is 45.7 Å². The molecule has 1 aromatic carbocycles. The van der Waals surface area contributed by atoms with Gasteiger partial charge in [0, 0.05) is 5.69 Å². The second kappa shape index (κ2) is 9.79. The average molecular weight is 409 g/mol. The lowest BCUT2D eigenvalue weighted by Crippen LogP contribution is -3.15. The van der Waals surface area contributed by atoms with Gasteiger partial charge >= 0.3 is 0 Å². The minimum Gasteiger partial charge on any atom is -0.370 e. The first-order chi connectivity index (χ1) is 13.1. The third-order valence-corrected chi connectivity index (χ3v) is 5.90. The first kappa shape index (κ1) is 19.7. The monoisotopic (exact) mass is 408 g/mol. The Balaban J connectivity index is 1.41. The van der Waals surface area contributed by atoms with Crippen LogP contribution < -0.4 is 15.5 Å². The number of nitrogens with one attached hydrogen (secondary N) is 3. The van der Waals surface area contributed by atoms with Crippen molar-refractivity contribution in [2.24, 2.45) is 0 Å². The van der Waals surface area contributed by atoms with E-state index in [0.717, 1.165) is 24.3 Å². The molecule has 1 aliphatic rings. The summed E-state index contributed by atoms with van der Waals surface area (Å²) in [6.45, 7) is 5.43. The number of benzene rings is 1. The first-order valence-corrected chi connectivity index (χ1v) is 10.4.